The smallest absolute Gasteiger partial charge is 0.414 e. The molecule has 3 heterocycles. The van der Waals surface area contributed by atoms with E-state index in [4.69, 9.17) is 16.3 Å². The van der Waals surface area contributed by atoms with Crippen molar-refractivity contribution >= 4 is 52.1 Å². The fourth-order valence-corrected chi connectivity index (χ4v) is 4.41. The molecule has 0 aliphatic carbocycles. The Kier molecular flexibility index (Phi) is 5.73. The second kappa shape index (κ2) is 8.42. The molecule has 4 rings (SSSR count). The highest BCUT2D eigenvalue weighted by molar-refractivity contribution is 7.18. The Morgan fingerprint density at radius 3 is 2.62 bits per heavy atom. The van der Waals surface area contributed by atoms with Crippen LogP contribution in [0.2, 0.25) is 4.34 Å². The largest absolute Gasteiger partial charge is 0.442 e. The fourth-order valence-electron chi connectivity index (χ4n) is 3.46. The first kappa shape index (κ1) is 19.7. The molecule has 2 amide bonds. The number of nitrogens with zero attached hydrogens (tertiary/aromatic N) is 3. The van der Waals surface area contributed by atoms with Gasteiger partial charge in [0, 0.05) is 24.3 Å². The fraction of sp³-hybridized carbons (Fsp3) is 0.350. The second-order valence-electron chi connectivity index (χ2n) is 6.75. The highest BCUT2D eigenvalue weighted by Crippen LogP contribution is 2.26. The number of anilines is 2. The molecule has 9 heteroatoms. The van der Waals surface area contributed by atoms with Crippen LogP contribution in [0.5, 0.6) is 0 Å². The molecule has 152 valence electrons. The van der Waals surface area contributed by atoms with Crippen LogP contribution in [-0.2, 0) is 4.74 Å². The summed E-state index contributed by atoms with van der Waals surface area (Å²) in [5, 5.41) is 2.79. The van der Waals surface area contributed by atoms with Gasteiger partial charge in [-0.05, 0) is 36.4 Å². The topological polar surface area (TPSA) is 74.2 Å². The highest BCUT2D eigenvalue weighted by atomic mass is 35.5. The van der Waals surface area contributed by atoms with Crippen molar-refractivity contribution in [2.45, 2.75) is 19.4 Å². The average molecular weight is 433 g/mol. The summed E-state index contributed by atoms with van der Waals surface area (Å²) in [6.07, 6.45) is 0.0813. The minimum atomic E-state index is -0.409. The van der Waals surface area contributed by atoms with Crippen molar-refractivity contribution in [2.75, 3.05) is 36.0 Å². The van der Waals surface area contributed by atoms with Crippen molar-refractivity contribution in [3.63, 3.8) is 0 Å². The van der Waals surface area contributed by atoms with E-state index in [-0.39, 0.29) is 12.5 Å². The summed E-state index contributed by atoms with van der Waals surface area (Å²) in [6.45, 7) is 4.42. The molecule has 1 fully saturated rings. The second-order valence-corrected chi connectivity index (χ2v) is 8.46. The van der Waals surface area contributed by atoms with Crippen LogP contribution < -0.4 is 15.1 Å². The number of hydrogen-bond donors (Lipinski definition) is 1. The van der Waals surface area contributed by atoms with Crippen LogP contribution in [-0.4, -0.2) is 50.1 Å². The van der Waals surface area contributed by atoms with Crippen molar-refractivity contribution in [3.8, 4) is 0 Å². The molecule has 0 spiro atoms. The van der Waals surface area contributed by atoms with E-state index < -0.39 is 12.2 Å². The van der Waals surface area contributed by atoms with Gasteiger partial charge in [-0.15, -0.1) is 11.3 Å². The van der Waals surface area contributed by atoms with Crippen LogP contribution in [0.1, 0.15) is 23.0 Å². The lowest BCUT2D eigenvalue weighted by Gasteiger charge is -2.21. The van der Waals surface area contributed by atoms with Gasteiger partial charge in [0.05, 0.1) is 28.8 Å². The normalized spacial score (nSPS) is 18.8. The number of thiophene rings is 1. The Bertz CT molecular complexity index is 943. The number of hydrogen-bond acceptors (Lipinski definition) is 6. The lowest BCUT2D eigenvalue weighted by atomic mass is 10.2. The van der Waals surface area contributed by atoms with Gasteiger partial charge in [0.25, 0.3) is 5.91 Å². The monoisotopic (exact) mass is 432 g/mol. The van der Waals surface area contributed by atoms with E-state index in [2.05, 4.69) is 22.1 Å². The van der Waals surface area contributed by atoms with Crippen LogP contribution in [0.15, 0.2) is 41.4 Å². The number of ether oxygens (including phenoxy) is 1. The number of carbonyl (C=O) groups excluding carboxylic acids is 2. The summed E-state index contributed by atoms with van der Waals surface area (Å²) in [5.41, 5.74) is 1.84. The number of amidine groups is 1. The van der Waals surface area contributed by atoms with E-state index in [1.165, 1.54) is 11.3 Å². The summed E-state index contributed by atoms with van der Waals surface area (Å²) in [6, 6.07) is 11.2. The molecule has 7 nitrogen and oxygen atoms in total. The first-order valence-electron chi connectivity index (χ1n) is 9.47. The molecule has 2 aliphatic heterocycles. The first-order chi connectivity index (χ1) is 14.0. The summed E-state index contributed by atoms with van der Waals surface area (Å²) in [7, 11) is 0. The molecule has 1 aromatic carbocycles. The minimum Gasteiger partial charge on any atom is -0.442 e. The Morgan fingerprint density at radius 2 is 1.97 bits per heavy atom. The number of benzene rings is 1. The van der Waals surface area contributed by atoms with Gasteiger partial charge in [0.1, 0.15) is 11.9 Å². The molecule has 0 saturated carbocycles. The number of carbonyl (C=O) groups is 2. The van der Waals surface area contributed by atoms with Gasteiger partial charge in [-0.2, -0.15) is 0 Å². The Balaban J connectivity index is 1.35. The van der Waals surface area contributed by atoms with E-state index in [0.29, 0.717) is 15.8 Å². The number of halogens is 1. The van der Waals surface area contributed by atoms with Crippen LogP contribution in [0.4, 0.5) is 16.2 Å². The van der Waals surface area contributed by atoms with Crippen LogP contribution >= 0.6 is 22.9 Å². The lowest BCUT2D eigenvalue weighted by Crippen LogP contribution is -2.34. The van der Waals surface area contributed by atoms with E-state index in [1.54, 1.807) is 17.0 Å². The predicted octanol–water partition coefficient (Wildman–Crippen LogP) is 3.79. The van der Waals surface area contributed by atoms with Crippen molar-refractivity contribution < 1.29 is 14.3 Å². The molecule has 2 aliphatic rings. The maximum absolute atomic E-state index is 12.3. The Hall–Kier alpha value is -2.58. The van der Waals surface area contributed by atoms with Crippen molar-refractivity contribution in [1.29, 1.82) is 0 Å². The van der Waals surface area contributed by atoms with Gasteiger partial charge < -0.3 is 15.0 Å². The molecule has 0 radical (unpaired) electrons. The Labute approximate surface area is 177 Å². The van der Waals surface area contributed by atoms with Gasteiger partial charge in [-0.3, -0.25) is 14.7 Å². The van der Waals surface area contributed by atoms with Gasteiger partial charge in [0.15, 0.2) is 0 Å². The third-order valence-electron chi connectivity index (χ3n) is 4.88. The number of amides is 2. The maximum Gasteiger partial charge on any atom is 0.414 e. The summed E-state index contributed by atoms with van der Waals surface area (Å²) < 4.78 is 5.96. The molecule has 0 unspecified atom stereocenters. The molecule has 1 aromatic heterocycles. The van der Waals surface area contributed by atoms with Gasteiger partial charge in [0.2, 0.25) is 0 Å². The zero-order chi connectivity index (χ0) is 20.4. The minimum absolute atomic E-state index is 0.222. The van der Waals surface area contributed by atoms with Crippen molar-refractivity contribution in [1.82, 2.24) is 5.32 Å². The summed E-state index contributed by atoms with van der Waals surface area (Å²) >= 11 is 7.07. The van der Waals surface area contributed by atoms with E-state index in [9.17, 15) is 9.59 Å². The maximum atomic E-state index is 12.3. The van der Waals surface area contributed by atoms with Gasteiger partial charge >= 0.3 is 6.09 Å². The number of cyclic esters (lactones) is 1. The van der Waals surface area contributed by atoms with Crippen molar-refractivity contribution in [3.05, 3.63) is 45.6 Å². The standard InChI is InChI=1S/C20H21ClN4O3S/c1-2-18-22-9-10-24(18)13-3-5-14(6-4-13)25-12-15(28-20(25)27)11-23-19(26)16-7-8-17(21)29-16/h3-8,15H,2,9-12H2,1H3,(H,23,26)/t15-/m0/s1. The number of rotatable bonds is 6. The number of nitrogens with one attached hydrogen (secondary N) is 1. The first-order valence-corrected chi connectivity index (χ1v) is 10.7. The Morgan fingerprint density at radius 1 is 1.24 bits per heavy atom. The molecule has 1 N–H and O–H groups in total. The molecule has 1 atom stereocenters. The molecular weight excluding hydrogens is 412 g/mol. The van der Waals surface area contributed by atoms with E-state index in [0.717, 1.165) is 36.7 Å². The zero-order valence-electron chi connectivity index (χ0n) is 15.9. The van der Waals surface area contributed by atoms with Gasteiger partial charge in [-0.1, -0.05) is 18.5 Å². The third kappa shape index (κ3) is 4.23. The van der Waals surface area contributed by atoms with Crippen LogP contribution in [0.3, 0.4) is 0 Å². The average Bonchev–Trinajstić information content (AvgIpc) is 3.46. The van der Waals surface area contributed by atoms with Crippen LogP contribution in [0, 0.1) is 0 Å². The molecule has 1 saturated heterocycles. The summed E-state index contributed by atoms with van der Waals surface area (Å²) in [5.74, 6) is 0.862. The van der Waals surface area contributed by atoms with E-state index in [1.807, 2.05) is 24.3 Å². The number of aliphatic imine (C=N–C) groups is 1. The highest BCUT2D eigenvalue weighted by Gasteiger charge is 2.32. The SMILES string of the molecule is CCC1=NCCN1c1ccc(N2C[C@H](CNC(=O)c3ccc(Cl)s3)OC2=O)cc1. The molecule has 29 heavy (non-hydrogen) atoms. The van der Waals surface area contributed by atoms with Crippen LogP contribution in [0.25, 0.3) is 0 Å². The predicted molar refractivity (Wildman–Crippen MR) is 116 cm³/mol. The van der Waals surface area contributed by atoms with E-state index >= 15 is 0 Å². The molecule has 2 aromatic rings. The zero-order valence-corrected chi connectivity index (χ0v) is 17.5. The van der Waals surface area contributed by atoms with Gasteiger partial charge in [-0.25, -0.2) is 4.79 Å². The lowest BCUT2D eigenvalue weighted by molar-refractivity contribution is 0.0920. The third-order valence-corrected chi connectivity index (χ3v) is 6.11. The van der Waals surface area contributed by atoms with Crippen molar-refractivity contribution in [2.24, 2.45) is 4.99 Å². The molecule has 0 bridgehead atoms. The molecular formula is C20H21ClN4O3S. The quantitative estimate of drug-likeness (QED) is 0.753. The summed E-state index contributed by atoms with van der Waals surface area (Å²) in [4.78, 5) is 33.2.